The summed E-state index contributed by atoms with van der Waals surface area (Å²) in [6, 6.07) is 11.2. The van der Waals surface area contributed by atoms with Gasteiger partial charge in [-0.05, 0) is 35.2 Å². The zero-order chi connectivity index (χ0) is 13.9. The van der Waals surface area contributed by atoms with Crippen molar-refractivity contribution in [1.29, 1.82) is 0 Å². The maximum Gasteiger partial charge on any atom is 0.269 e. The standard InChI is InChI=1S/C14H8Cl2N2OS/c15-10-5-3-9(4-6-10)8-11(16)14-17-13(18-19-14)12-2-1-7-20-12/h1-8H/b11-8-. The van der Waals surface area contributed by atoms with E-state index in [1.54, 1.807) is 29.5 Å². The lowest BCUT2D eigenvalue weighted by Gasteiger charge is -1.94. The molecule has 0 N–H and O–H groups in total. The van der Waals surface area contributed by atoms with Crippen LogP contribution in [0, 0.1) is 0 Å². The third-order valence-electron chi connectivity index (χ3n) is 2.54. The van der Waals surface area contributed by atoms with Crippen molar-refractivity contribution in [2.45, 2.75) is 0 Å². The topological polar surface area (TPSA) is 38.9 Å². The highest BCUT2D eigenvalue weighted by Gasteiger charge is 2.11. The van der Waals surface area contributed by atoms with Crippen LogP contribution in [0.5, 0.6) is 0 Å². The van der Waals surface area contributed by atoms with Crippen molar-refractivity contribution in [3.8, 4) is 10.7 Å². The van der Waals surface area contributed by atoms with Crippen molar-refractivity contribution in [3.05, 3.63) is 58.3 Å². The van der Waals surface area contributed by atoms with Crippen LogP contribution in [0.25, 0.3) is 21.8 Å². The number of aromatic nitrogens is 2. The first-order valence-corrected chi connectivity index (χ1v) is 7.36. The predicted molar refractivity (Wildman–Crippen MR) is 82.8 cm³/mol. The van der Waals surface area contributed by atoms with Gasteiger partial charge >= 0.3 is 0 Å². The van der Waals surface area contributed by atoms with Crippen LogP contribution in [0.4, 0.5) is 0 Å². The van der Waals surface area contributed by atoms with Crippen molar-refractivity contribution in [3.63, 3.8) is 0 Å². The second kappa shape index (κ2) is 5.79. The molecule has 0 radical (unpaired) electrons. The van der Waals surface area contributed by atoms with Gasteiger partial charge in [0.15, 0.2) is 0 Å². The molecule has 0 saturated carbocycles. The van der Waals surface area contributed by atoms with Crippen molar-refractivity contribution >= 4 is 45.6 Å². The van der Waals surface area contributed by atoms with Crippen LogP contribution in [-0.4, -0.2) is 10.1 Å². The Kier molecular flexibility index (Phi) is 3.87. The lowest BCUT2D eigenvalue weighted by molar-refractivity contribution is 0.410. The number of benzene rings is 1. The van der Waals surface area contributed by atoms with Crippen LogP contribution in [0.2, 0.25) is 5.02 Å². The van der Waals surface area contributed by atoms with Crippen molar-refractivity contribution < 1.29 is 4.52 Å². The van der Waals surface area contributed by atoms with E-state index in [1.165, 1.54) is 0 Å². The Bertz CT molecular complexity index is 733. The lowest BCUT2D eigenvalue weighted by Crippen LogP contribution is -1.79. The average Bonchev–Trinajstić information content (AvgIpc) is 3.11. The van der Waals surface area contributed by atoms with Crippen molar-refractivity contribution in [2.24, 2.45) is 0 Å². The average molecular weight is 323 g/mol. The highest BCUT2D eigenvalue weighted by Crippen LogP contribution is 2.26. The quantitative estimate of drug-likeness (QED) is 0.666. The van der Waals surface area contributed by atoms with Gasteiger partial charge in [-0.15, -0.1) is 11.3 Å². The summed E-state index contributed by atoms with van der Waals surface area (Å²) in [5.41, 5.74) is 0.912. The molecule has 0 bridgehead atoms. The summed E-state index contributed by atoms with van der Waals surface area (Å²) in [6.45, 7) is 0. The first kappa shape index (κ1) is 13.4. The predicted octanol–water partition coefficient (Wildman–Crippen LogP) is 5.19. The summed E-state index contributed by atoms with van der Waals surface area (Å²) in [7, 11) is 0. The molecule has 0 aliphatic rings. The minimum absolute atomic E-state index is 0.296. The Morgan fingerprint density at radius 3 is 2.70 bits per heavy atom. The first-order valence-electron chi connectivity index (χ1n) is 5.73. The van der Waals surface area contributed by atoms with E-state index >= 15 is 0 Å². The molecule has 3 rings (SSSR count). The molecule has 0 spiro atoms. The van der Waals surface area contributed by atoms with E-state index < -0.39 is 0 Å². The van der Waals surface area contributed by atoms with E-state index in [-0.39, 0.29) is 0 Å². The fraction of sp³-hybridized carbons (Fsp3) is 0. The normalized spacial score (nSPS) is 11.8. The number of hydrogen-bond donors (Lipinski definition) is 0. The van der Waals surface area contributed by atoms with Crippen LogP contribution >= 0.6 is 34.5 Å². The molecule has 0 aliphatic heterocycles. The second-order valence-electron chi connectivity index (χ2n) is 3.94. The van der Waals surface area contributed by atoms with E-state index in [2.05, 4.69) is 10.1 Å². The summed E-state index contributed by atoms with van der Waals surface area (Å²) in [5.74, 6) is 0.836. The molecule has 1 aromatic carbocycles. The summed E-state index contributed by atoms with van der Waals surface area (Å²) >= 11 is 13.6. The molecule has 0 fully saturated rings. The third kappa shape index (κ3) is 2.93. The molecule has 0 aliphatic carbocycles. The molecule has 2 heterocycles. The maximum absolute atomic E-state index is 6.19. The molecule has 100 valence electrons. The monoisotopic (exact) mass is 322 g/mol. The first-order chi connectivity index (χ1) is 9.72. The van der Waals surface area contributed by atoms with Crippen LogP contribution in [-0.2, 0) is 0 Å². The van der Waals surface area contributed by atoms with Gasteiger partial charge in [0, 0.05) is 5.02 Å². The molecule has 0 saturated heterocycles. The van der Waals surface area contributed by atoms with E-state index in [4.69, 9.17) is 27.7 Å². The van der Waals surface area contributed by atoms with E-state index in [9.17, 15) is 0 Å². The van der Waals surface area contributed by atoms with Crippen LogP contribution in [0.1, 0.15) is 11.5 Å². The van der Waals surface area contributed by atoms with Gasteiger partial charge in [0.05, 0.1) is 4.88 Å². The minimum Gasteiger partial charge on any atom is -0.333 e. The number of halogens is 2. The smallest absolute Gasteiger partial charge is 0.269 e. The minimum atomic E-state index is 0.296. The van der Waals surface area contributed by atoms with E-state index in [0.29, 0.717) is 21.8 Å². The molecule has 0 atom stereocenters. The Hall–Kier alpha value is -1.62. The Morgan fingerprint density at radius 2 is 2.00 bits per heavy atom. The zero-order valence-electron chi connectivity index (χ0n) is 10.1. The fourth-order valence-electron chi connectivity index (χ4n) is 1.59. The van der Waals surface area contributed by atoms with Gasteiger partial charge in [0.1, 0.15) is 5.03 Å². The van der Waals surface area contributed by atoms with Gasteiger partial charge in [-0.25, -0.2) is 0 Å². The molecule has 0 unspecified atom stereocenters. The Labute approximate surface area is 129 Å². The molecule has 3 nitrogen and oxygen atoms in total. The summed E-state index contributed by atoms with van der Waals surface area (Å²) < 4.78 is 5.17. The molecule has 6 heteroatoms. The van der Waals surface area contributed by atoms with Gasteiger partial charge in [-0.1, -0.05) is 46.6 Å². The maximum atomic E-state index is 6.19. The molecule has 2 aromatic heterocycles. The number of nitrogens with zero attached hydrogens (tertiary/aromatic N) is 2. The fourth-order valence-corrected chi connectivity index (χ4v) is 2.57. The van der Waals surface area contributed by atoms with Crippen LogP contribution in [0.3, 0.4) is 0 Å². The van der Waals surface area contributed by atoms with Gasteiger partial charge in [0.2, 0.25) is 5.82 Å². The molecule has 3 aromatic rings. The highest BCUT2D eigenvalue weighted by atomic mass is 35.5. The van der Waals surface area contributed by atoms with Crippen LogP contribution in [0.15, 0.2) is 46.3 Å². The number of rotatable bonds is 3. The SMILES string of the molecule is Cl/C(=C\c1ccc(Cl)cc1)c1nc(-c2cccs2)no1. The van der Waals surface area contributed by atoms with E-state index in [1.807, 2.05) is 29.6 Å². The Morgan fingerprint density at radius 1 is 1.20 bits per heavy atom. The highest BCUT2D eigenvalue weighted by molar-refractivity contribution is 7.13. The zero-order valence-corrected chi connectivity index (χ0v) is 12.4. The van der Waals surface area contributed by atoms with E-state index in [0.717, 1.165) is 10.4 Å². The van der Waals surface area contributed by atoms with Crippen molar-refractivity contribution in [2.75, 3.05) is 0 Å². The Balaban J connectivity index is 1.87. The molecule has 0 amide bonds. The molecular formula is C14H8Cl2N2OS. The largest absolute Gasteiger partial charge is 0.333 e. The molecular weight excluding hydrogens is 315 g/mol. The van der Waals surface area contributed by atoms with Gasteiger partial charge < -0.3 is 4.52 Å². The van der Waals surface area contributed by atoms with Crippen molar-refractivity contribution in [1.82, 2.24) is 10.1 Å². The molecule has 20 heavy (non-hydrogen) atoms. The summed E-state index contributed by atoms with van der Waals surface area (Å²) in [4.78, 5) is 5.21. The van der Waals surface area contributed by atoms with Gasteiger partial charge in [0.25, 0.3) is 5.89 Å². The lowest BCUT2D eigenvalue weighted by atomic mass is 10.2. The summed E-state index contributed by atoms with van der Waals surface area (Å²) in [5, 5.41) is 6.94. The number of hydrogen-bond acceptors (Lipinski definition) is 4. The second-order valence-corrected chi connectivity index (χ2v) is 5.74. The third-order valence-corrected chi connectivity index (χ3v) is 3.92. The number of thiophene rings is 1. The summed E-state index contributed by atoms with van der Waals surface area (Å²) in [6.07, 6.45) is 1.75. The van der Waals surface area contributed by atoms with Gasteiger partial charge in [-0.3, -0.25) is 0 Å². The van der Waals surface area contributed by atoms with Gasteiger partial charge in [-0.2, -0.15) is 4.98 Å². The van der Waals surface area contributed by atoms with Crippen LogP contribution < -0.4 is 0 Å².